The molecule has 0 amide bonds. The molecule has 0 bridgehead atoms. The number of halogens is 3. The number of aromatic nitrogens is 2. The van der Waals surface area contributed by atoms with Gasteiger partial charge in [0.1, 0.15) is 0 Å². The SMILES string of the molecule is CC(C)c1cnc(OC(F)(F)F)n1C. The third kappa shape index (κ3) is 2.40. The third-order valence-electron chi connectivity index (χ3n) is 1.78. The highest BCUT2D eigenvalue weighted by atomic mass is 19.4. The molecule has 14 heavy (non-hydrogen) atoms. The van der Waals surface area contributed by atoms with E-state index in [0.717, 1.165) is 0 Å². The minimum absolute atomic E-state index is 0.109. The number of hydrogen-bond donors (Lipinski definition) is 0. The number of alkyl halides is 3. The molecule has 0 unspecified atom stereocenters. The predicted molar refractivity (Wildman–Crippen MR) is 44.0 cm³/mol. The van der Waals surface area contributed by atoms with Gasteiger partial charge in [-0.1, -0.05) is 13.8 Å². The Kier molecular flexibility index (Phi) is 2.73. The van der Waals surface area contributed by atoms with Crippen LogP contribution in [0.1, 0.15) is 25.5 Å². The Labute approximate surface area is 79.5 Å². The second-order valence-corrected chi connectivity index (χ2v) is 3.23. The molecule has 0 aromatic carbocycles. The van der Waals surface area contributed by atoms with E-state index >= 15 is 0 Å². The van der Waals surface area contributed by atoms with Gasteiger partial charge in [-0.3, -0.25) is 0 Å². The predicted octanol–water partition coefficient (Wildman–Crippen LogP) is 2.44. The second-order valence-electron chi connectivity index (χ2n) is 3.23. The normalized spacial score (nSPS) is 12.2. The summed E-state index contributed by atoms with van der Waals surface area (Å²) in [7, 11) is 1.49. The van der Waals surface area contributed by atoms with Crippen molar-refractivity contribution in [2.45, 2.75) is 26.1 Å². The molecular formula is C8H11F3N2O. The average Bonchev–Trinajstić information content (AvgIpc) is 2.29. The van der Waals surface area contributed by atoms with E-state index in [0.29, 0.717) is 5.69 Å². The van der Waals surface area contributed by atoms with Crippen molar-refractivity contribution in [2.24, 2.45) is 7.05 Å². The number of imidazole rings is 1. The van der Waals surface area contributed by atoms with Gasteiger partial charge < -0.3 is 9.30 Å². The van der Waals surface area contributed by atoms with Gasteiger partial charge in [-0.15, -0.1) is 13.2 Å². The van der Waals surface area contributed by atoms with Crippen molar-refractivity contribution in [3.8, 4) is 6.01 Å². The molecule has 1 rings (SSSR count). The van der Waals surface area contributed by atoms with E-state index in [1.54, 1.807) is 0 Å². The highest BCUT2D eigenvalue weighted by molar-refractivity contribution is 5.12. The zero-order valence-corrected chi connectivity index (χ0v) is 8.09. The molecule has 0 N–H and O–H groups in total. The third-order valence-corrected chi connectivity index (χ3v) is 1.78. The van der Waals surface area contributed by atoms with Gasteiger partial charge in [0.2, 0.25) is 0 Å². The van der Waals surface area contributed by atoms with Crippen molar-refractivity contribution in [1.29, 1.82) is 0 Å². The van der Waals surface area contributed by atoms with E-state index in [1.165, 1.54) is 17.8 Å². The standard InChI is InChI=1S/C8H11F3N2O/c1-5(2)6-4-12-7(13(6)3)14-8(9,10)11/h4-5H,1-3H3. The van der Waals surface area contributed by atoms with Crippen LogP contribution in [0.15, 0.2) is 6.20 Å². The van der Waals surface area contributed by atoms with Crippen molar-refractivity contribution in [3.63, 3.8) is 0 Å². The van der Waals surface area contributed by atoms with Crippen molar-refractivity contribution in [1.82, 2.24) is 9.55 Å². The Hall–Kier alpha value is -1.20. The van der Waals surface area contributed by atoms with E-state index in [-0.39, 0.29) is 5.92 Å². The highest BCUT2D eigenvalue weighted by Gasteiger charge is 2.33. The van der Waals surface area contributed by atoms with Crippen LogP contribution in [0.2, 0.25) is 0 Å². The number of nitrogens with zero attached hydrogens (tertiary/aromatic N) is 2. The molecular weight excluding hydrogens is 197 g/mol. The molecule has 1 aromatic heterocycles. The first-order valence-corrected chi connectivity index (χ1v) is 4.08. The van der Waals surface area contributed by atoms with Gasteiger partial charge in [0.25, 0.3) is 0 Å². The molecule has 1 aromatic rings. The summed E-state index contributed by atoms with van der Waals surface area (Å²) >= 11 is 0. The Morgan fingerprint density at radius 3 is 2.36 bits per heavy atom. The van der Waals surface area contributed by atoms with Gasteiger partial charge >= 0.3 is 12.4 Å². The first-order valence-electron chi connectivity index (χ1n) is 4.08. The summed E-state index contributed by atoms with van der Waals surface area (Å²) < 4.78 is 40.6. The van der Waals surface area contributed by atoms with Crippen LogP contribution in [0.5, 0.6) is 6.01 Å². The molecule has 80 valence electrons. The molecule has 0 aliphatic rings. The fraction of sp³-hybridized carbons (Fsp3) is 0.625. The summed E-state index contributed by atoms with van der Waals surface area (Å²) in [6.07, 6.45) is -3.31. The summed E-state index contributed by atoms with van der Waals surface area (Å²) in [5.74, 6) is 0.109. The Bertz CT molecular complexity index is 317. The maximum absolute atomic E-state index is 11.9. The van der Waals surface area contributed by atoms with Crippen LogP contribution in [0.4, 0.5) is 13.2 Å². The molecule has 0 fully saturated rings. The van der Waals surface area contributed by atoms with Crippen molar-refractivity contribution in [3.05, 3.63) is 11.9 Å². The first-order chi connectivity index (χ1) is 6.31. The van der Waals surface area contributed by atoms with Crippen LogP contribution >= 0.6 is 0 Å². The molecule has 1 heterocycles. The molecule has 0 aliphatic heterocycles. The molecule has 0 saturated heterocycles. The Morgan fingerprint density at radius 2 is 2.00 bits per heavy atom. The van der Waals surface area contributed by atoms with Crippen LogP contribution in [0.25, 0.3) is 0 Å². The fourth-order valence-corrected chi connectivity index (χ4v) is 1.14. The largest absolute Gasteiger partial charge is 0.575 e. The lowest BCUT2D eigenvalue weighted by molar-refractivity contribution is -0.278. The van der Waals surface area contributed by atoms with Crippen LogP contribution in [0, 0.1) is 0 Å². The minimum atomic E-state index is -4.69. The topological polar surface area (TPSA) is 27.1 Å². The summed E-state index contributed by atoms with van der Waals surface area (Å²) in [4.78, 5) is 3.54. The number of rotatable bonds is 2. The Morgan fingerprint density at radius 1 is 1.43 bits per heavy atom. The van der Waals surface area contributed by atoms with E-state index in [1.807, 2.05) is 13.8 Å². The van der Waals surface area contributed by atoms with Gasteiger partial charge in [-0.2, -0.15) is 0 Å². The zero-order valence-electron chi connectivity index (χ0n) is 8.09. The summed E-state index contributed by atoms with van der Waals surface area (Å²) in [5.41, 5.74) is 0.698. The van der Waals surface area contributed by atoms with E-state index in [2.05, 4.69) is 9.72 Å². The van der Waals surface area contributed by atoms with Gasteiger partial charge in [0.15, 0.2) is 0 Å². The van der Waals surface area contributed by atoms with Gasteiger partial charge in [0, 0.05) is 12.7 Å². The molecule has 0 radical (unpaired) electrons. The second kappa shape index (κ2) is 3.51. The minimum Gasteiger partial charge on any atom is -0.372 e. The molecule has 0 atom stereocenters. The maximum Gasteiger partial charge on any atom is 0.575 e. The zero-order chi connectivity index (χ0) is 10.9. The van der Waals surface area contributed by atoms with Crippen molar-refractivity contribution in [2.75, 3.05) is 0 Å². The van der Waals surface area contributed by atoms with Gasteiger partial charge in [0.05, 0.1) is 6.20 Å². The average molecular weight is 208 g/mol. The van der Waals surface area contributed by atoms with E-state index < -0.39 is 12.4 Å². The van der Waals surface area contributed by atoms with Crippen LogP contribution in [0.3, 0.4) is 0 Å². The molecule has 3 nitrogen and oxygen atoms in total. The van der Waals surface area contributed by atoms with E-state index in [4.69, 9.17) is 0 Å². The lowest BCUT2D eigenvalue weighted by Crippen LogP contribution is -2.19. The number of ether oxygens (including phenoxy) is 1. The van der Waals surface area contributed by atoms with Gasteiger partial charge in [-0.05, 0) is 5.92 Å². The lowest BCUT2D eigenvalue weighted by Gasteiger charge is -2.10. The van der Waals surface area contributed by atoms with Crippen LogP contribution in [-0.2, 0) is 7.05 Å². The smallest absolute Gasteiger partial charge is 0.372 e. The van der Waals surface area contributed by atoms with Crippen LogP contribution < -0.4 is 4.74 Å². The van der Waals surface area contributed by atoms with Crippen molar-refractivity contribution < 1.29 is 17.9 Å². The summed E-state index contributed by atoms with van der Waals surface area (Å²) in [6.45, 7) is 3.74. The van der Waals surface area contributed by atoms with Gasteiger partial charge in [-0.25, -0.2) is 4.98 Å². The summed E-state index contributed by atoms with van der Waals surface area (Å²) in [6, 6.07) is -0.429. The van der Waals surface area contributed by atoms with E-state index in [9.17, 15) is 13.2 Å². The molecule has 0 aliphatic carbocycles. The van der Waals surface area contributed by atoms with Crippen molar-refractivity contribution >= 4 is 0 Å². The molecule has 0 saturated carbocycles. The number of hydrogen-bond acceptors (Lipinski definition) is 2. The van der Waals surface area contributed by atoms with Crippen LogP contribution in [-0.4, -0.2) is 15.9 Å². The quantitative estimate of drug-likeness (QED) is 0.746. The lowest BCUT2D eigenvalue weighted by atomic mass is 10.1. The Balaban J connectivity index is 2.91. The maximum atomic E-state index is 11.9. The molecule has 6 heteroatoms. The fourth-order valence-electron chi connectivity index (χ4n) is 1.14. The summed E-state index contributed by atoms with van der Waals surface area (Å²) in [5, 5.41) is 0. The highest BCUT2D eigenvalue weighted by Crippen LogP contribution is 2.24. The monoisotopic (exact) mass is 208 g/mol. The molecule has 0 spiro atoms. The first kappa shape index (κ1) is 10.9.